The minimum absolute atomic E-state index is 0.315. The van der Waals surface area contributed by atoms with Gasteiger partial charge in [0, 0.05) is 16.5 Å². The van der Waals surface area contributed by atoms with Crippen LogP contribution in [0.25, 0.3) is 0 Å². The van der Waals surface area contributed by atoms with E-state index in [1.54, 1.807) is 0 Å². The molecule has 15 heavy (non-hydrogen) atoms. The first-order valence-corrected chi connectivity index (χ1v) is 5.81. The molecular formula is C12H15BrO2. The third-order valence-electron chi connectivity index (χ3n) is 2.68. The van der Waals surface area contributed by atoms with Crippen molar-refractivity contribution >= 4 is 15.9 Å². The average Bonchev–Trinajstić information content (AvgIpc) is 2.03. The van der Waals surface area contributed by atoms with E-state index in [1.165, 1.54) is 0 Å². The summed E-state index contributed by atoms with van der Waals surface area (Å²) in [4.78, 5) is 0. The van der Waals surface area contributed by atoms with E-state index in [2.05, 4.69) is 15.9 Å². The Morgan fingerprint density at radius 2 is 2.00 bits per heavy atom. The largest absolute Gasteiger partial charge is 0.487 e. The van der Waals surface area contributed by atoms with Gasteiger partial charge in [-0.05, 0) is 39.0 Å². The standard InChI is InChI=1S/C12H15BrO2/c1-11(2)7-12(3,14)9-6-8(13)4-5-10(9)15-11/h4-6,14H,7H2,1-3H3. The van der Waals surface area contributed by atoms with E-state index >= 15 is 0 Å². The van der Waals surface area contributed by atoms with Crippen LogP contribution in [0, 0.1) is 0 Å². The minimum Gasteiger partial charge on any atom is -0.487 e. The molecule has 82 valence electrons. The molecule has 0 saturated carbocycles. The number of rotatable bonds is 0. The topological polar surface area (TPSA) is 29.5 Å². The summed E-state index contributed by atoms with van der Waals surface area (Å²) in [6, 6.07) is 5.75. The molecule has 1 aliphatic rings. The van der Waals surface area contributed by atoms with Crippen LogP contribution >= 0.6 is 15.9 Å². The van der Waals surface area contributed by atoms with Crippen molar-refractivity contribution in [3.63, 3.8) is 0 Å². The smallest absolute Gasteiger partial charge is 0.126 e. The highest BCUT2D eigenvalue weighted by atomic mass is 79.9. The second-order valence-corrected chi connectivity index (χ2v) is 5.87. The molecule has 0 radical (unpaired) electrons. The lowest BCUT2D eigenvalue weighted by Crippen LogP contribution is -2.42. The Morgan fingerprint density at radius 1 is 1.33 bits per heavy atom. The van der Waals surface area contributed by atoms with Gasteiger partial charge in [0.05, 0.1) is 5.60 Å². The highest BCUT2D eigenvalue weighted by molar-refractivity contribution is 9.10. The number of hydrogen-bond acceptors (Lipinski definition) is 2. The van der Waals surface area contributed by atoms with Crippen molar-refractivity contribution in [1.82, 2.24) is 0 Å². The second kappa shape index (κ2) is 3.22. The number of aliphatic hydroxyl groups is 1. The Hall–Kier alpha value is -0.540. The van der Waals surface area contributed by atoms with E-state index in [9.17, 15) is 5.11 Å². The molecule has 0 saturated heterocycles. The van der Waals surface area contributed by atoms with Crippen molar-refractivity contribution in [3.05, 3.63) is 28.2 Å². The van der Waals surface area contributed by atoms with Crippen LogP contribution in [0.5, 0.6) is 5.75 Å². The molecule has 0 spiro atoms. The van der Waals surface area contributed by atoms with E-state index in [1.807, 2.05) is 39.0 Å². The molecule has 1 heterocycles. The van der Waals surface area contributed by atoms with E-state index in [-0.39, 0.29) is 5.60 Å². The molecule has 2 nitrogen and oxygen atoms in total. The van der Waals surface area contributed by atoms with Crippen molar-refractivity contribution in [1.29, 1.82) is 0 Å². The van der Waals surface area contributed by atoms with Gasteiger partial charge in [-0.15, -0.1) is 0 Å². The van der Waals surface area contributed by atoms with E-state index in [0.717, 1.165) is 15.8 Å². The van der Waals surface area contributed by atoms with Crippen LogP contribution < -0.4 is 4.74 Å². The molecule has 1 aliphatic heterocycles. The third kappa shape index (κ3) is 2.04. The number of fused-ring (bicyclic) bond motifs is 1. The van der Waals surface area contributed by atoms with Gasteiger partial charge in [0.2, 0.25) is 0 Å². The lowest BCUT2D eigenvalue weighted by molar-refractivity contribution is -0.0518. The van der Waals surface area contributed by atoms with Gasteiger partial charge in [-0.2, -0.15) is 0 Å². The molecule has 1 atom stereocenters. The van der Waals surface area contributed by atoms with Gasteiger partial charge in [-0.1, -0.05) is 15.9 Å². The maximum absolute atomic E-state index is 10.4. The zero-order chi connectivity index (χ0) is 11.3. The van der Waals surface area contributed by atoms with Crippen molar-refractivity contribution < 1.29 is 9.84 Å². The Labute approximate surface area is 98.4 Å². The first-order chi connectivity index (χ1) is 6.80. The molecule has 1 N–H and O–H groups in total. The fourth-order valence-electron chi connectivity index (χ4n) is 2.27. The lowest BCUT2D eigenvalue weighted by atomic mass is 9.82. The zero-order valence-corrected chi connectivity index (χ0v) is 10.8. The molecule has 2 rings (SSSR count). The van der Waals surface area contributed by atoms with Gasteiger partial charge in [0.25, 0.3) is 0 Å². The fraction of sp³-hybridized carbons (Fsp3) is 0.500. The van der Waals surface area contributed by atoms with Crippen molar-refractivity contribution in [2.24, 2.45) is 0 Å². The molecule has 1 unspecified atom stereocenters. The summed E-state index contributed by atoms with van der Waals surface area (Å²) in [5.74, 6) is 0.777. The SMILES string of the molecule is CC1(C)CC(C)(O)c2cc(Br)ccc2O1. The van der Waals surface area contributed by atoms with Gasteiger partial charge in [0.1, 0.15) is 11.4 Å². The fourth-order valence-corrected chi connectivity index (χ4v) is 2.63. The van der Waals surface area contributed by atoms with E-state index in [4.69, 9.17) is 4.74 Å². The van der Waals surface area contributed by atoms with Crippen LogP contribution in [-0.2, 0) is 5.60 Å². The van der Waals surface area contributed by atoms with Crippen LogP contribution in [0.15, 0.2) is 22.7 Å². The maximum atomic E-state index is 10.4. The Bertz CT molecular complexity index is 397. The van der Waals surface area contributed by atoms with Gasteiger partial charge in [-0.3, -0.25) is 0 Å². The summed E-state index contributed by atoms with van der Waals surface area (Å²) in [7, 11) is 0. The Balaban J connectivity index is 2.55. The highest BCUT2D eigenvalue weighted by Gasteiger charge is 2.40. The van der Waals surface area contributed by atoms with Crippen LogP contribution in [0.1, 0.15) is 32.8 Å². The van der Waals surface area contributed by atoms with Crippen LogP contribution in [-0.4, -0.2) is 10.7 Å². The molecule has 0 fully saturated rings. The Morgan fingerprint density at radius 3 is 2.67 bits per heavy atom. The van der Waals surface area contributed by atoms with Crippen molar-refractivity contribution in [2.75, 3.05) is 0 Å². The molecule has 1 aromatic rings. The normalized spacial score (nSPS) is 28.1. The van der Waals surface area contributed by atoms with Gasteiger partial charge in [0.15, 0.2) is 0 Å². The highest BCUT2D eigenvalue weighted by Crippen LogP contribution is 2.43. The predicted molar refractivity (Wildman–Crippen MR) is 63.0 cm³/mol. The lowest BCUT2D eigenvalue weighted by Gasteiger charge is -2.41. The molecular weight excluding hydrogens is 256 g/mol. The average molecular weight is 271 g/mol. The summed E-state index contributed by atoms with van der Waals surface area (Å²) in [5.41, 5.74) is -0.276. The predicted octanol–water partition coefficient (Wildman–Crippen LogP) is 3.22. The molecule has 0 aliphatic carbocycles. The van der Waals surface area contributed by atoms with Crippen LogP contribution in [0.4, 0.5) is 0 Å². The summed E-state index contributed by atoms with van der Waals surface area (Å²) >= 11 is 3.40. The van der Waals surface area contributed by atoms with Gasteiger partial charge >= 0.3 is 0 Å². The first kappa shape index (κ1) is 11.0. The molecule has 0 bridgehead atoms. The van der Waals surface area contributed by atoms with Gasteiger partial charge in [-0.25, -0.2) is 0 Å². The molecule has 0 amide bonds. The second-order valence-electron chi connectivity index (χ2n) is 4.95. The van der Waals surface area contributed by atoms with E-state index < -0.39 is 5.60 Å². The molecule has 1 aromatic carbocycles. The van der Waals surface area contributed by atoms with E-state index in [0.29, 0.717) is 6.42 Å². The number of hydrogen-bond donors (Lipinski definition) is 1. The summed E-state index contributed by atoms with van der Waals surface area (Å²) in [6.45, 7) is 5.82. The minimum atomic E-state index is -0.819. The maximum Gasteiger partial charge on any atom is 0.126 e. The monoisotopic (exact) mass is 270 g/mol. The molecule has 0 aromatic heterocycles. The number of halogens is 1. The number of benzene rings is 1. The summed E-state index contributed by atoms with van der Waals surface area (Å²) in [5, 5.41) is 10.4. The molecule has 3 heteroatoms. The summed E-state index contributed by atoms with van der Waals surface area (Å²) < 4.78 is 6.79. The number of ether oxygens (including phenoxy) is 1. The Kier molecular flexibility index (Phi) is 2.36. The van der Waals surface area contributed by atoms with Crippen LogP contribution in [0.2, 0.25) is 0 Å². The van der Waals surface area contributed by atoms with Crippen molar-refractivity contribution in [3.8, 4) is 5.75 Å². The summed E-state index contributed by atoms with van der Waals surface area (Å²) in [6.07, 6.45) is 0.601. The third-order valence-corrected chi connectivity index (χ3v) is 3.17. The quantitative estimate of drug-likeness (QED) is 0.785. The van der Waals surface area contributed by atoms with Crippen LogP contribution in [0.3, 0.4) is 0 Å². The first-order valence-electron chi connectivity index (χ1n) is 5.02. The van der Waals surface area contributed by atoms with Crippen molar-refractivity contribution in [2.45, 2.75) is 38.4 Å². The van der Waals surface area contributed by atoms with Gasteiger partial charge < -0.3 is 9.84 Å². The zero-order valence-electron chi connectivity index (χ0n) is 9.17.